The minimum atomic E-state index is -0.533. The van der Waals surface area contributed by atoms with E-state index < -0.39 is 12.1 Å². The summed E-state index contributed by atoms with van der Waals surface area (Å²) in [5, 5.41) is 13.8. The highest BCUT2D eigenvalue weighted by Gasteiger charge is 2.27. The molecular formula is C17H19N5O5S. The zero-order valence-electron chi connectivity index (χ0n) is 15.3. The predicted octanol–water partition coefficient (Wildman–Crippen LogP) is 0.682. The number of urea groups is 1. The van der Waals surface area contributed by atoms with Gasteiger partial charge in [-0.3, -0.25) is 19.5 Å². The van der Waals surface area contributed by atoms with Crippen molar-refractivity contribution < 1.29 is 23.9 Å². The van der Waals surface area contributed by atoms with Gasteiger partial charge in [0.1, 0.15) is 11.6 Å². The fraction of sp³-hybridized carbons (Fsp3) is 0.353. The number of imide groups is 1. The van der Waals surface area contributed by atoms with Crippen molar-refractivity contribution in [1.29, 1.82) is 0 Å². The Hall–Kier alpha value is -3.08. The molecule has 1 fully saturated rings. The summed E-state index contributed by atoms with van der Waals surface area (Å²) in [4.78, 5) is 34.7. The lowest BCUT2D eigenvalue weighted by atomic mass is 10.1. The molecule has 1 aromatic carbocycles. The van der Waals surface area contributed by atoms with E-state index in [0.29, 0.717) is 23.2 Å². The first-order valence-electron chi connectivity index (χ1n) is 8.39. The van der Waals surface area contributed by atoms with Crippen LogP contribution in [0, 0.1) is 0 Å². The Bertz CT molecular complexity index is 884. The standard InChI is InChI=1S/C17H19N5O5S/c1-26-12-5-3-4-11(8-12)22-13(6-10-7-14(23)19-16(25)18-10)20-21-17(22)28-9-15(24)27-2/h3-5,8,10H,6-7,9H2,1-2H3,(H2,18,19,23,25). The van der Waals surface area contributed by atoms with Gasteiger partial charge in [0, 0.05) is 24.9 Å². The van der Waals surface area contributed by atoms with Crippen LogP contribution in [-0.2, 0) is 20.7 Å². The van der Waals surface area contributed by atoms with Crippen molar-refractivity contribution in [3.05, 3.63) is 30.1 Å². The Morgan fingerprint density at radius 2 is 2.14 bits per heavy atom. The molecule has 10 nitrogen and oxygen atoms in total. The molecule has 0 saturated carbocycles. The molecule has 11 heteroatoms. The lowest BCUT2D eigenvalue weighted by Gasteiger charge is -2.23. The third-order valence-electron chi connectivity index (χ3n) is 4.01. The maximum absolute atomic E-state index is 11.6. The minimum Gasteiger partial charge on any atom is -0.497 e. The second-order valence-corrected chi connectivity index (χ2v) is 6.87. The average molecular weight is 405 g/mol. The van der Waals surface area contributed by atoms with E-state index >= 15 is 0 Å². The fourth-order valence-corrected chi connectivity index (χ4v) is 3.54. The van der Waals surface area contributed by atoms with Gasteiger partial charge < -0.3 is 14.8 Å². The molecule has 1 aromatic heterocycles. The first kappa shape index (κ1) is 19.7. The van der Waals surface area contributed by atoms with Gasteiger partial charge in [0.2, 0.25) is 5.91 Å². The Morgan fingerprint density at radius 3 is 2.86 bits per heavy atom. The normalized spacial score (nSPS) is 16.3. The van der Waals surface area contributed by atoms with E-state index in [-0.39, 0.29) is 24.1 Å². The molecule has 28 heavy (non-hydrogen) atoms. The number of aromatic nitrogens is 3. The van der Waals surface area contributed by atoms with Gasteiger partial charge in [-0.2, -0.15) is 0 Å². The lowest BCUT2D eigenvalue weighted by Crippen LogP contribution is -2.53. The molecule has 1 saturated heterocycles. The van der Waals surface area contributed by atoms with Gasteiger partial charge in [-0.25, -0.2) is 4.79 Å². The highest BCUT2D eigenvalue weighted by Crippen LogP contribution is 2.25. The summed E-state index contributed by atoms with van der Waals surface area (Å²) in [6, 6.07) is 6.34. The molecule has 1 aliphatic heterocycles. The van der Waals surface area contributed by atoms with Crippen LogP contribution in [0.1, 0.15) is 12.2 Å². The number of nitrogens with one attached hydrogen (secondary N) is 2. The van der Waals surface area contributed by atoms with E-state index in [0.717, 1.165) is 5.69 Å². The zero-order valence-corrected chi connectivity index (χ0v) is 16.1. The second-order valence-electron chi connectivity index (χ2n) is 5.93. The molecule has 0 bridgehead atoms. The molecule has 0 spiro atoms. The number of hydrogen-bond donors (Lipinski definition) is 2. The number of benzene rings is 1. The van der Waals surface area contributed by atoms with Crippen LogP contribution in [0.15, 0.2) is 29.4 Å². The summed E-state index contributed by atoms with van der Waals surface area (Å²) in [7, 11) is 2.88. The third-order valence-corrected chi connectivity index (χ3v) is 4.91. The number of carbonyl (C=O) groups is 3. The van der Waals surface area contributed by atoms with Crippen molar-refractivity contribution >= 4 is 29.7 Å². The van der Waals surface area contributed by atoms with Gasteiger partial charge in [0.15, 0.2) is 5.16 Å². The van der Waals surface area contributed by atoms with Crippen molar-refractivity contribution in [1.82, 2.24) is 25.4 Å². The summed E-state index contributed by atoms with van der Waals surface area (Å²) >= 11 is 1.18. The Labute approximate surface area is 165 Å². The first-order valence-corrected chi connectivity index (χ1v) is 9.37. The van der Waals surface area contributed by atoms with Gasteiger partial charge in [-0.05, 0) is 12.1 Å². The monoisotopic (exact) mass is 405 g/mol. The number of hydrogen-bond acceptors (Lipinski definition) is 8. The molecule has 2 heterocycles. The molecule has 1 atom stereocenters. The van der Waals surface area contributed by atoms with Crippen LogP contribution < -0.4 is 15.4 Å². The molecule has 3 rings (SSSR count). The molecule has 3 amide bonds. The van der Waals surface area contributed by atoms with Crippen LogP contribution >= 0.6 is 11.8 Å². The van der Waals surface area contributed by atoms with Crippen molar-refractivity contribution in [3.8, 4) is 11.4 Å². The summed E-state index contributed by atoms with van der Waals surface area (Å²) in [5.41, 5.74) is 0.735. The summed E-state index contributed by atoms with van der Waals surface area (Å²) in [5.74, 6) is 0.526. The van der Waals surface area contributed by atoms with Crippen molar-refractivity contribution in [2.24, 2.45) is 0 Å². The molecule has 1 unspecified atom stereocenters. The number of ether oxygens (including phenoxy) is 2. The second kappa shape index (κ2) is 8.74. The summed E-state index contributed by atoms with van der Waals surface area (Å²) in [6.07, 6.45) is 0.434. The number of amides is 3. The molecule has 0 aliphatic carbocycles. The Morgan fingerprint density at radius 1 is 1.32 bits per heavy atom. The van der Waals surface area contributed by atoms with Gasteiger partial charge in [-0.1, -0.05) is 17.8 Å². The molecule has 2 aromatic rings. The average Bonchev–Trinajstić information content (AvgIpc) is 3.07. The van der Waals surface area contributed by atoms with Crippen LogP contribution in [0.5, 0.6) is 5.75 Å². The largest absolute Gasteiger partial charge is 0.497 e. The maximum atomic E-state index is 11.6. The highest BCUT2D eigenvalue weighted by molar-refractivity contribution is 7.99. The van der Waals surface area contributed by atoms with E-state index in [1.54, 1.807) is 23.8 Å². The topological polar surface area (TPSA) is 124 Å². The molecule has 0 radical (unpaired) electrons. The predicted molar refractivity (Wildman–Crippen MR) is 99.4 cm³/mol. The van der Waals surface area contributed by atoms with Gasteiger partial charge in [-0.15, -0.1) is 10.2 Å². The van der Waals surface area contributed by atoms with E-state index in [4.69, 9.17) is 4.74 Å². The quantitative estimate of drug-likeness (QED) is 0.509. The summed E-state index contributed by atoms with van der Waals surface area (Å²) in [6.45, 7) is 0. The van der Waals surface area contributed by atoms with Gasteiger partial charge >= 0.3 is 12.0 Å². The van der Waals surface area contributed by atoms with E-state index in [1.807, 2.05) is 12.1 Å². The lowest BCUT2D eigenvalue weighted by molar-refractivity contribution is -0.137. The molecular weight excluding hydrogens is 386 g/mol. The van der Waals surface area contributed by atoms with E-state index in [2.05, 4.69) is 25.6 Å². The maximum Gasteiger partial charge on any atom is 0.321 e. The number of esters is 1. The van der Waals surface area contributed by atoms with Crippen LogP contribution in [0.4, 0.5) is 4.79 Å². The first-order chi connectivity index (χ1) is 13.5. The number of methoxy groups -OCH3 is 2. The number of nitrogens with zero attached hydrogens (tertiary/aromatic N) is 3. The van der Waals surface area contributed by atoms with Gasteiger partial charge in [0.05, 0.1) is 25.7 Å². The van der Waals surface area contributed by atoms with Crippen LogP contribution in [-0.4, -0.2) is 58.7 Å². The Kier molecular flexibility index (Phi) is 6.14. The SMILES string of the molecule is COC(=O)CSc1nnc(CC2CC(=O)NC(=O)N2)n1-c1cccc(OC)c1. The Balaban J connectivity index is 1.92. The number of thioether (sulfide) groups is 1. The molecule has 148 valence electrons. The smallest absolute Gasteiger partial charge is 0.321 e. The van der Waals surface area contributed by atoms with Crippen LogP contribution in [0.25, 0.3) is 5.69 Å². The van der Waals surface area contributed by atoms with Crippen molar-refractivity contribution in [2.75, 3.05) is 20.0 Å². The van der Waals surface area contributed by atoms with Crippen LogP contribution in [0.3, 0.4) is 0 Å². The van der Waals surface area contributed by atoms with E-state index in [1.165, 1.54) is 18.9 Å². The highest BCUT2D eigenvalue weighted by atomic mass is 32.2. The fourth-order valence-electron chi connectivity index (χ4n) is 2.73. The van der Waals surface area contributed by atoms with Crippen molar-refractivity contribution in [2.45, 2.75) is 24.0 Å². The molecule has 2 N–H and O–H groups in total. The third kappa shape index (κ3) is 4.60. The van der Waals surface area contributed by atoms with Crippen LogP contribution in [0.2, 0.25) is 0 Å². The number of rotatable bonds is 7. The zero-order chi connectivity index (χ0) is 20.1. The van der Waals surface area contributed by atoms with Gasteiger partial charge in [0.25, 0.3) is 0 Å². The molecule has 1 aliphatic rings. The summed E-state index contributed by atoms with van der Waals surface area (Å²) < 4.78 is 11.7. The van der Waals surface area contributed by atoms with Crippen molar-refractivity contribution in [3.63, 3.8) is 0 Å². The number of carbonyl (C=O) groups excluding carboxylic acids is 3. The minimum absolute atomic E-state index is 0.0706. The van der Waals surface area contributed by atoms with E-state index in [9.17, 15) is 14.4 Å².